The number of rotatable bonds is 2. The van der Waals surface area contributed by atoms with E-state index >= 15 is 0 Å². The third-order valence-electron chi connectivity index (χ3n) is 2.17. The summed E-state index contributed by atoms with van der Waals surface area (Å²) in [5, 5.41) is 8.77. The second kappa shape index (κ2) is 2.38. The molecule has 0 bridgehead atoms. The zero-order valence-corrected chi connectivity index (χ0v) is 8.04. The Morgan fingerprint density at radius 3 is 2.27 bits per heavy atom. The van der Waals surface area contributed by atoms with Crippen LogP contribution in [-0.4, -0.2) is 16.8 Å². The van der Waals surface area contributed by atoms with Gasteiger partial charge in [0.15, 0.2) is 0 Å². The summed E-state index contributed by atoms with van der Waals surface area (Å²) in [6.07, 6.45) is 2.34. The SMILES string of the molecule is CC(C)CC1(C#N)CS1(C)F. The summed E-state index contributed by atoms with van der Waals surface area (Å²) >= 11 is 0. The standard InChI is InChI=1S/C8H14FNS/c1-7(2)4-8(5-10)6-11(8,3)9/h7H,4,6H2,1-3H3. The van der Waals surface area contributed by atoms with E-state index in [1.807, 2.05) is 13.8 Å². The van der Waals surface area contributed by atoms with E-state index in [2.05, 4.69) is 6.07 Å². The van der Waals surface area contributed by atoms with Crippen molar-refractivity contribution in [3.63, 3.8) is 0 Å². The predicted molar refractivity (Wildman–Crippen MR) is 47.3 cm³/mol. The van der Waals surface area contributed by atoms with Gasteiger partial charge in [-0.2, -0.15) is 9.15 Å². The Morgan fingerprint density at radius 2 is 2.18 bits per heavy atom. The maximum absolute atomic E-state index is 13.3. The van der Waals surface area contributed by atoms with Gasteiger partial charge in [0.25, 0.3) is 0 Å². The fourth-order valence-electron chi connectivity index (χ4n) is 1.47. The zero-order valence-electron chi connectivity index (χ0n) is 7.22. The molecule has 0 aromatic rings. The molecule has 1 aliphatic heterocycles. The van der Waals surface area contributed by atoms with Crippen LogP contribution in [0.15, 0.2) is 0 Å². The molecule has 1 saturated heterocycles. The molecule has 1 fully saturated rings. The van der Waals surface area contributed by atoms with Gasteiger partial charge in [-0.15, -0.1) is 0 Å². The van der Waals surface area contributed by atoms with Gasteiger partial charge < -0.3 is 0 Å². The van der Waals surface area contributed by atoms with Crippen LogP contribution >= 0.6 is 10.4 Å². The molecule has 0 spiro atoms. The molecule has 2 unspecified atom stereocenters. The minimum atomic E-state index is -2.03. The van der Waals surface area contributed by atoms with Crippen LogP contribution in [0, 0.1) is 17.2 Å². The maximum Gasteiger partial charge on any atom is 0.122 e. The van der Waals surface area contributed by atoms with Crippen LogP contribution in [0.3, 0.4) is 0 Å². The highest BCUT2D eigenvalue weighted by Gasteiger charge is 2.62. The van der Waals surface area contributed by atoms with Gasteiger partial charge >= 0.3 is 0 Å². The first kappa shape index (κ1) is 8.86. The summed E-state index contributed by atoms with van der Waals surface area (Å²) in [5.74, 6) is 0.939. The highest BCUT2D eigenvalue weighted by Crippen LogP contribution is 2.76. The van der Waals surface area contributed by atoms with E-state index < -0.39 is 15.2 Å². The van der Waals surface area contributed by atoms with Gasteiger partial charge in [-0.05, 0) is 18.6 Å². The Bertz CT molecular complexity index is 207. The molecule has 1 aliphatic rings. The molecule has 2 atom stereocenters. The average molecular weight is 175 g/mol. The van der Waals surface area contributed by atoms with Gasteiger partial charge in [0.1, 0.15) is 4.75 Å². The van der Waals surface area contributed by atoms with Crippen molar-refractivity contribution < 1.29 is 3.89 Å². The summed E-state index contributed by atoms with van der Waals surface area (Å²) < 4.78 is 12.8. The Hall–Kier alpha value is -0.230. The van der Waals surface area contributed by atoms with Crippen LogP contribution in [0.5, 0.6) is 0 Å². The summed E-state index contributed by atoms with van der Waals surface area (Å²) in [7, 11) is -2.03. The highest BCUT2D eigenvalue weighted by atomic mass is 32.3. The van der Waals surface area contributed by atoms with Crippen LogP contribution < -0.4 is 0 Å². The van der Waals surface area contributed by atoms with Gasteiger partial charge in [0, 0.05) is 5.75 Å². The monoisotopic (exact) mass is 175 g/mol. The Labute approximate surface area is 69.2 Å². The number of hydrogen-bond donors (Lipinski definition) is 0. The lowest BCUT2D eigenvalue weighted by molar-refractivity contribution is 0.561. The van der Waals surface area contributed by atoms with Crippen molar-refractivity contribution in [2.24, 2.45) is 5.92 Å². The number of nitriles is 1. The predicted octanol–water partition coefficient (Wildman–Crippen LogP) is 2.63. The van der Waals surface area contributed by atoms with Crippen LogP contribution in [0.1, 0.15) is 20.3 Å². The molecule has 1 heterocycles. The minimum absolute atomic E-state index is 0.430. The second-order valence-corrected chi connectivity index (χ2v) is 6.85. The van der Waals surface area contributed by atoms with Crippen molar-refractivity contribution in [1.82, 2.24) is 0 Å². The number of halogens is 1. The van der Waals surface area contributed by atoms with E-state index in [-0.39, 0.29) is 0 Å². The lowest BCUT2D eigenvalue weighted by Crippen LogP contribution is -2.11. The Kier molecular flexibility index (Phi) is 1.92. The van der Waals surface area contributed by atoms with Crippen molar-refractivity contribution in [2.75, 3.05) is 12.0 Å². The first-order chi connectivity index (χ1) is 4.93. The molecule has 0 amide bonds. The smallest absolute Gasteiger partial charge is 0.122 e. The summed E-state index contributed by atoms with van der Waals surface area (Å²) in [5.41, 5.74) is 0. The minimum Gasteiger partial charge on any atom is -0.197 e. The fourth-order valence-corrected chi connectivity index (χ4v) is 3.83. The highest BCUT2D eigenvalue weighted by molar-refractivity contribution is 8.36. The lowest BCUT2D eigenvalue weighted by Gasteiger charge is -2.13. The Morgan fingerprint density at radius 1 is 1.73 bits per heavy atom. The van der Waals surface area contributed by atoms with Crippen molar-refractivity contribution in [2.45, 2.75) is 25.0 Å². The molecule has 3 heteroatoms. The lowest BCUT2D eigenvalue weighted by atomic mass is 10.0. The first-order valence-corrected chi connectivity index (χ1v) is 5.91. The molecular formula is C8H14FNS. The van der Waals surface area contributed by atoms with Crippen molar-refractivity contribution in [3.05, 3.63) is 0 Å². The van der Waals surface area contributed by atoms with Gasteiger partial charge in [0.2, 0.25) is 0 Å². The molecule has 64 valence electrons. The number of nitrogens with zero attached hydrogens (tertiary/aromatic N) is 1. The summed E-state index contributed by atoms with van der Waals surface area (Å²) in [6, 6.07) is 2.14. The second-order valence-electron chi connectivity index (χ2n) is 3.83. The summed E-state index contributed by atoms with van der Waals surface area (Å²) in [6.45, 7) is 4.07. The van der Waals surface area contributed by atoms with Crippen LogP contribution in [-0.2, 0) is 0 Å². The van der Waals surface area contributed by atoms with Gasteiger partial charge in [0.05, 0.1) is 6.07 Å². The van der Waals surface area contributed by atoms with Gasteiger partial charge in [-0.1, -0.05) is 24.3 Å². The zero-order chi connectivity index (χ0) is 8.70. The van der Waals surface area contributed by atoms with Crippen molar-refractivity contribution >= 4 is 10.4 Å². The van der Waals surface area contributed by atoms with Crippen LogP contribution in [0.2, 0.25) is 0 Å². The third-order valence-corrected chi connectivity index (χ3v) is 4.89. The molecule has 0 aromatic heterocycles. The molecule has 0 saturated carbocycles. The van der Waals surface area contributed by atoms with Crippen LogP contribution in [0.25, 0.3) is 0 Å². The number of hydrogen-bond acceptors (Lipinski definition) is 1. The van der Waals surface area contributed by atoms with E-state index in [4.69, 9.17) is 5.26 Å². The third kappa shape index (κ3) is 1.37. The van der Waals surface area contributed by atoms with E-state index in [1.165, 1.54) is 0 Å². The molecule has 0 radical (unpaired) electrons. The van der Waals surface area contributed by atoms with E-state index in [1.54, 1.807) is 6.26 Å². The van der Waals surface area contributed by atoms with E-state index in [0.29, 0.717) is 11.7 Å². The molecule has 1 rings (SSSR count). The fraction of sp³-hybridized carbons (Fsp3) is 0.875. The summed E-state index contributed by atoms with van der Waals surface area (Å²) in [4.78, 5) is 0. The molecular weight excluding hydrogens is 161 g/mol. The largest absolute Gasteiger partial charge is 0.197 e. The average Bonchev–Trinajstić information content (AvgIpc) is 2.33. The quantitative estimate of drug-likeness (QED) is 0.592. The van der Waals surface area contributed by atoms with Crippen molar-refractivity contribution in [3.8, 4) is 6.07 Å². The van der Waals surface area contributed by atoms with Crippen molar-refractivity contribution in [1.29, 1.82) is 5.26 Å². The molecule has 0 aromatic carbocycles. The topological polar surface area (TPSA) is 23.8 Å². The van der Waals surface area contributed by atoms with Gasteiger partial charge in [-0.25, -0.2) is 0 Å². The van der Waals surface area contributed by atoms with E-state index in [0.717, 1.165) is 6.42 Å². The molecule has 0 N–H and O–H groups in total. The van der Waals surface area contributed by atoms with Crippen LogP contribution in [0.4, 0.5) is 3.89 Å². The molecule has 1 nitrogen and oxygen atoms in total. The first-order valence-electron chi connectivity index (χ1n) is 3.80. The van der Waals surface area contributed by atoms with E-state index in [9.17, 15) is 3.89 Å². The van der Waals surface area contributed by atoms with Gasteiger partial charge in [-0.3, -0.25) is 0 Å². The molecule has 11 heavy (non-hydrogen) atoms. The maximum atomic E-state index is 13.3. The molecule has 0 aliphatic carbocycles. The normalized spacial score (nSPS) is 48.0. The Balaban J connectivity index is 2.63.